The van der Waals surface area contributed by atoms with Gasteiger partial charge < -0.3 is 15.7 Å². The number of aromatic carboxylic acids is 1. The molecule has 2 rings (SSSR count). The molecule has 0 aromatic heterocycles. The number of nitrogens with two attached hydrogens (primary N) is 1. The molecular weight excluding hydrogens is 268 g/mol. The van der Waals surface area contributed by atoms with Gasteiger partial charge >= 0.3 is 5.97 Å². The van der Waals surface area contributed by atoms with Crippen molar-refractivity contribution >= 4 is 23.3 Å². The Morgan fingerprint density at radius 3 is 2.33 bits per heavy atom. The summed E-state index contributed by atoms with van der Waals surface area (Å²) in [6, 6.07) is 13.5. The van der Waals surface area contributed by atoms with E-state index in [1.54, 1.807) is 23.1 Å². The van der Waals surface area contributed by atoms with E-state index in [0.717, 1.165) is 5.56 Å². The van der Waals surface area contributed by atoms with Crippen LogP contribution in [0.2, 0.25) is 0 Å². The van der Waals surface area contributed by atoms with Gasteiger partial charge in [0.05, 0.1) is 12.1 Å². The molecule has 0 heterocycles. The molecular formula is C16H16N2O3. The second kappa shape index (κ2) is 6.09. The zero-order valence-corrected chi connectivity index (χ0v) is 11.6. The first kappa shape index (κ1) is 14.6. The molecule has 2 aromatic carbocycles. The number of carboxylic acid groups (broad SMARTS) is 1. The minimum Gasteiger partial charge on any atom is -0.478 e. The molecule has 0 aliphatic heterocycles. The molecule has 0 unspecified atom stereocenters. The molecule has 2 aromatic rings. The van der Waals surface area contributed by atoms with Gasteiger partial charge in [-0.25, -0.2) is 4.79 Å². The molecule has 0 atom stereocenters. The SMILES string of the molecule is CC(=O)N(Cc1cccc(N)c1)c1ccc(C(=O)O)cc1. The van der Waals surface area contributed by atoms with Crippen LogP contribution in [0.15, 0.2) is 48.5 Å². The summed E-state index contributed by atoms with van der Waals surface area (Å²) < 4.78 is 0. The lowest BCUT2D eigenvalue weighted by Crippen LogP contribution is -2.27. The first-order valence-corrected chi connectivity index (χ1v) is 6.43. The van der Waals surface area contributed by atoms with Crippen LogP contribution in [-0.2, 0) is 11.3 Å². The fraction of sp³-hybridized carbons (Fsp3) is 0.125. The van der Waals surface area contributed by atoms with E-state index < -0.39 is 5.97 Å². The Hall–Kier alpha value is -2.82. The molecule has 0 aliphatic carbocycles. The lowest BCUT2D eigenvalue weighted by molar-refractivity contribution is -0.116. The molecule has 1 amide bonds. The molecule has 0 saturated heterocycles. The number of hydrogen-bond acceptors (Lipinski definition) is 3. The van der Waals surface area contributed by atoms with Gasteiger partial charge in [-0.2, -0.15) is 0 Å². The van der Waals surface area contributed by atoms with E-state index in [2.05, 4.69) is 0 Å². The Balaban J connectivity index is 2.26. The third kappa shape index (κ3) is 3.60. The van der Waals surface area contributed by atoms with E-state index in [1.165, 1.54) is 19.1 Å². The normalized spacial score (nSPS) is 10.1. The van der Waals surface area contributed by atoms with Gasteiger partial charge in [0, 0.05) is 18.3 Å². The topological polar surface area (TPSA) is 83.6 Å². The molecule has 0 bridgehead atoms. The third-order valence-corrected chi connectivity index (χ3v) is 3.10. The first-order chi connectivity index (χ1) is 9.97. The molecule has 0 spiro atoms. The van der Waals surface area contributed by atoms with Crippen molar-refractivity contribution in [1.29, 1.82) is 0 Å². The van der Waals surface area contributed by atoms with E-state index >= 15 is 0 Å². The lowest BCUT2D eigenvalue weighted by atomic mass is 10.1. The van der Waals surface area contributed by atoms with Crippen LogP contribution in [0.5, 0.6) is 0 Å². The highest BCUT2D eigenvalue weighted by atomic mass is 16.4. The van der Waals surface area contributed by atoms with Gasteiger partial charge in [-0.05, 0) is 42.0 Å². The maximum atomic E-state index is 11.8. The number of carboxylic acids is 1. The van der Waals surface area contributed by atoms with Crippen molar-refractivity contribution in [2.75, 3.05) is 10.6 Å². The number of rotatable bonds is 4. The predicted molar refractivity (Wildman–Crippen MR) is 81.1 cm³/mol. The van der Waals surface area contributed by atoms with Crippen molar-refractivity contribution < 1.29 is 14.7 Å². The summed E-state index contributed by atoms with van der Waals surface area (Å²) in [5, 5.41) is 8.89. The van der Waals surface area contributed by atoms with Gasteiger partial charge in [0.25, 0.3) is 0 Å². The molecule has 0 saturated carbocycles. The zero-order valence-electron chi connectivity index (χ0n) is 11.6. The number of carbonyl (C=O) groups is 2. The van der Waals surface area contributed by atoms with Crippen molar-refractivity contribution in [1.82, 2.24) is 0 Å². The second-order valence-corrected chi connectivity index (χ2v) is 4.70. The van der Waals surface area contributed by atoms with E-state index in [-0.39, 0.29) is 11.5 Å². The van der Waals surface area contributed by atoms with Crippen LogP contribution in [0.3, 0.4) is 0 Å². The van der Waals surface area contributed by atoms with Crippen LogP contribution in [0, 0.1) is 0 Å². The number of amides is 1. The van der Waals surface area contributed by atoms with Gasteiger partial charge in [0.2, 0.25) is 5.91 Å². The van der Waals surface area contributed by atoms with E-state index in [0.29, 0.717) is 17.9 Å². The largest absolute Gasteiger partial charge is 0.478 e. The molecule has 108 valence electrons. The summed E-state index contributed by atoms with van der Waals surface area (Å²) >= 11 is 0. The summed E-state index contributed by atoms with van der Waals surface area (Å²) in [6.07, 6.45) is 0. The number of hydrogen-bond donors (Lipinski definition) is 2. The first-order valence-electron chi connectivity index (χ1n) is 6.43. The Morgan fingerprint density at radius 2 is 1.81 bits per heavy atom. The van der Waals surface area contributed by atoms with Crippen LogP contribution >= 0.6 is 0 Å². The molecule has 0 aliphatic rings. The van der Waals surface area contributed by atoms with Gasteiger partial charge in [-0.1, -0.05) is 12.1 Å². The van der Waals surface area contributed by atoms with E-state index in [4.69, 9.17) is 10.8 Å². The minimum absolute atomic E-state index is 0.125. The average molecular weight is 284 g/mol. The summed E-state index contributed by atoms with van der Waals surface area (Å²) in [7, 11) is 0. The van der Waals surface area contributed by atoms with Crippen molar-refractivity contribution in [3.05, 3.63) is 59.7 Å². The fourth-order valence-corrected chi connectivity index (χ4v) is 2.04. The predicted octanol–water partition coefficient (Wildman–Crippen LogP) is 2.52. The Labute approximate surface area is 122 Å². The maximum absolute atomic E-state index is 11.8. The van der Waals surface area contributed by atoms with E-state index in [9.17, 15) is 9.59 Å². The van der Waals surface area contributed by atoms with Gasteiger partial charge in [-0.3, -0.25) is 4.79 Å². The number of benzene rings is 2. The zero-order chi connectivity index (χ0) is 15.4. The van der Waals surface area contributed by atoms with Crippen LogP contribution in [-0.4, -0.2) is 17.0 Å². The Morgan fingerprint density at radius 1 is 1.14 bits per heavy atom. The highest BCUT2D eigenvalue weighted by Gasteiger charge is 2.13. The van der Waals surface area contributed by atoms with Crippen LogP contribution in [0.4, 0.5) is 11.4 Å². The smallest absolute Gasteiger partial charge is 0.335 e. The molecule has 5 heteroatoms. The summed E-state index contributed by atoms with van der Waals surface area (Å²) in [4.78, 5) is 24.3. The van der Waals surface area contributed by atoms with Gasteiger partial charge in [-0.15, -0.1) is 0 Å². The highest BCUT2D eigenvalue weighted by Crippen LogP contribution is 2.19. The van der Waals surface area contributed by atoms with E-state index in [1.807, 2.05) is 18.2 Å². The summed E-state index contributed by atoms with van der Waals surface area (Å²) in [5.41, 5.74) is 8.11. The minimum atomic E-state index is -0.994. The number of nitrogens with zero attached hydrogens (tertiary/aromatic N) is 1. The molecule has 21 heavy (non-hydrogen) atoms. The van der Waals surface area contributed by atoms with Gasteiger partial charge in [0.15, 0.2) is 0 Å². The van der Waals surface area contributed by atoms with Gasteiger partial charge in [0.1, 0.15) is 0 Å². The van der Waals surface area contributed by atoms with Crippen molar-refractivity contribution in [3.63, 3.8) is 0 Å². The standard InChI is InChI=1S/C16H16N2O3/c1-11(19)18(10-12-3-2-4-14(17)9-12)15-7-5-13(6-8-15)16(20)21/h2-9H,10,17H2,1H3,(H,20,21). The second-order valence-electron chi connectivity index (χ2n) is 4.70. The molecule has 0 radical (unpaired) electrons. The molecule has 5 nitrogen and oxygen atoms in total. The molecule has 3 N–H and O–H groups in total. The van der Waals surface area contributed by atoms with Crippen molar-refractivity contribution in [3.8, 4) is 0 Å². The van der Waals surface area contributed by atoms with Crippen LogP contribution in [0.1, 0.15) is 22.8 Å². The third-order valence-electron chi connectivity index (χ3n) is 3.10. The average Bonchev–Trinajstić information content (AvgIpc) is 2.44. The van der Waals surface area contributed by atoms with Crippen molar-refractivity contribution in [2.24, 2.45) is 0 Å². The number of anilines is 2. The van der Waals surface area contributed by atoms with Crippen molar-refractivity contribution in [2.45, 2.75) is 13.5 Å². The fourth-order valence-electron chi connectivity index (χ4n) is 2.04. The van der Waals surface area contributed by atoms with Crippen LogP contribution < -0.4 is 10.6 Å². The summed E-state index contributed by atoms with van der Waals surface area (Å²) in [5.74, 6) is -1.12. The highest BCUT2D eigenvalue weighted by molar-refractivity contribution is 5.93. The Kier molecular flexibility index (Phi) is 4.23. The van der Waals surface area contributed by atoms with Crippen LogP contribution in [0.25, 0.3) is 0 Å². The summed E-state index contributed by atoms with van der Waals surface area (Å²) in [6.45, 7) is 1.85. The Bertz CT molecular complexity index is 665. The number of carbonyl (C=O) groups excluding carboxylic acids is 1. The number of nitrogen functional groups attached to an aromatic ring is 1. The monoisotopic (exact) mass is 284 g/mol. The maximum Gasteiger partial charge on any atom is 0.335 e. The molecule has 0 fully saturated rings. The lowest BCUT2D eigenvalue weighted by Gasteiger charge is -2.21. The quantitative estimate of drug-likeness (QED) is 0.845.